The summed E-state index contributed by atoms with van der Waals surface area (Å²) in [5, 5.41) is 1.79. The lowest BCUT2D eigenvalue weighted by Crippen LogP contribution is -2.05. The predicted octanol–water partition coefficient (Wildman–Crippen LogP) is 2.32. The Hall–Kier alpha value is -1.15. The van der Waals surface area contributed by atoms with Gasteiger partial charge in [-0.2, -0.15) is 0 Å². The van der Waals surface area contributed by atoms with E-state index in [1.807, 2.05) is 19.1 Å². The molecule has 0 fully saturated rings. The lowest BCUT2D eigenvalue weighted by Gasteiger charge is -2.00. The largest absolute Gasteiger partial charge is 0.339 e. The summed E-state index contributed by atoms with van der Waals surface area (Å²) in [6, 6.07) is 5.92. The van der Waals surface area contributed by atoms with Gasteiger partial charge in [0.25, 0.3) is 0 Å². The van der Waals surface area contributed by atoms with E-state index in [1.165, 1.54) is 4.68 Å². The molecule has 0 amide bonds. The van der Waals surface area contributed by atoms with Gasteiger partial charge in [0.05, 0.1) is 10.5 Å². The van der Waals surface area contributed by atoms with Gasteiger partial charge in [0.1, 0.15) is 0 Å². The Bertz CT molecular complexity index is 431. The van der Waals surface area contributed by atoms with Crippen LogP contribution < -0.4 is 5.84 Å². The minimum absolute atomic E-state index is 0.706. The Morgan fingerprint density at radius 3 is 2.92 bits per heavy atom. The third-order valence-electron chi connectivity index (χ3n) is 1.91. The lowest BCUT2D eigenvalue weighted by atomic mass is 10.2. The van der Waals surface area contributed by atoms with Crippen LogP contribution in [0.4, 0.5) is 0 Å². The maximum Gasteiger partial charge on any atom is 0.0876 e. The second kappa shape index (κ2) is 2.42. The Kier molecular flexibility index (Phi) is 1.51. The zero-order valence-corrected chi connectivity index (χ0v) is 7.47. The molecule has 3 heteroatoms. The molecule has 1 aromatic carbocycles. The van der Waals surface area contributed by atoms with Crippen LogP contribution in [0.3, 0.4) is 0 Å². The number of nitrogens with two attached hydrogens (primary N) is 1. The highest BCUT2D eigenvalue weighted by Gasteiger charge is 2.03. The number of fused-ring (bicyclic) bond motifs is 1. The molecule has 62 valence electrons. The molecule has 1 heterocycles. The third kappa shape index (κ3) is 0.959. The number of benzene rings is 1. The fourth-order valence-corrected chi connectivity index (χ4v) is 1.77. The normalized spacial score (nSPS) is 10.8. The van der Waals surface area contributed by atoms with E-state index < -0.39 is 0 Å². The van der Waals surface area contributed by atoms with Crippen molar-refractivity contribution < 1.29 is 0 Å². The highest BCUT2D eigenvalue weighted by Crippen LogP contribution is 2.24. The molecule has 1 aromatic heterocycles. The topological polar surface area (TPSA) is 30.9 Å². The van der Waals surface area contributed by atoms with Crippen molar-refractivity contribution in [2.45, 2.75) is 6.92 Å². The van der Waals surface area contributed by atoms with Crippen molar-refractivity contribution in [2.75, 3.05) is 5.84 Å². The summed E-state index contributed by atoms with van der Waals surface area (Å²) in [6.45, 7) is 2.01. The van der Waals surface area contributed by atoms with Crippen molar-refractivity contribution in [3.05, 3.63) is 35.0 Å². The summed E-state index contributed by atoms with van der Waals surface area (Å²) in [6.07, 6.45) is 1.80. The van der Waals surface area contributed by atoms with Crippen molar-refractivity contribution in [2.24, 2.45) is 0 Å². The summed E-state index contributed by atoms with van der Waals surface area (Å²) in [5.41, 5.74) is 2.04. The molecule has 0 radical (unpaired) electrons. The number of halogens is 1. The second-order valence-electron chi connectivity index (χ2n) is 2.91. The Labute approximate surface area is 75.5 Å². The van der Waals surface area contributed by atoms with E-state index in [0.29, 0.717) is 5.02 Å². The molecule has 0 atom stereocenters. The number of aryl methyl sites for hydroxylation is 1. The smallest absolute Gasteiger partial charge is 0.0876 e. The Morgan fingerprint density at radius 2 is 2.17 bits per heavy atom. The van der Waals surface area contributed by atoms with Crippen LogP contribution in [0, 0.1) is 6.92 Å². The Balaban J connectivity index is 2.93. The summed E-state index contributed by atoms with van der Waals surface area (Å²) in [4.78, 5) is 0. The van der Waals surface area contributed by atoms with E-state index in [4.69, 9.17) is 17.4 Å². The molecular formula is C9H9ClN2. The zero-order valence-electron chi connectivity index (χ0n) is 6.71. The van der Waals surface area contributed by atoms with Crippen molar-refractivity contribution in [3.8, 4) is 0 Å². The van der Waals surface area contributed by atoms with Gasteiger partial charge >= 0.3 is 0 Å². The first-order valence-electron chi connectivity index (χ1n) is 3.71. The van der Waals surface area contributed by atoms with Crippen LogP contribution in [0.1, 0.15) is 5.56 Å². The number of hydrogen-bond donors (Lipinski definition) is 1. The number of nitrogen functional groups attached to an aromatic ring is 1. The maximum atomic E-state index is 6.01. The molecule has 0 unspecified atom stereocenters. The van der Waals surface area contributed by atoms with Crippen LogP contribution in [0.25, 0.3) is 10.9 Å². The molecular weight excluding hydrogens is 172 g/mol. The van der Waals surface area contributed by atoms with Crippen LogP contribution in [0.2, 0.25) is 5.02 Å². The van der Waals surface area contributed by atoms with Crippen molar-refractivity contribution in [3.63, 3.8) is 0 Å². The van der Waals surface area contributed by atoms with E-state index >= 15 is 0 Å². The first-order valence-corrected chi connectivity index (χ1v) is 4.08. The molecule has 2 aromatic rings. The van der Waals surface area contributed by atoms with Crippen molar-refractivity contribution in [1.82, 2.24) is 4.68 Å². The summed E-state index contributed by atoms with van der Waals surface area (Å²) in [7, 11) is 0. The van der Waals surface area contributed by atoms with Crippen LogP contribution in [-0.4, -0.2) is 4.68 Å². The molecule has 0 bridgehead atoms. The fraction of sp³-hybridized carbons (Fsp3) is 0.111. The highest BCUT2D eigenvalue weighted by atomic mass is 35.5. The molecule has 0 aliphatic heterocycles. The van der Waals surface area contributed by atoms with E-state index in [-0.39, 0.29) is 0 Å². The molecule has 0 aliphatic carbocycles. The average molecular weight is 181 g/mol. The van der Waals surface area contributed by atoms with Gasteiger partial charge in [-0.3, -0.25) is 4.68 Å². The van der Waals surface area contributed by atoms with E-state index in [2.05, 4.69) is 6.07 Å². The van der Waals surface area contributed by atoms with Gasteiger partial charge in [0.2, 0.25) is 0 Å². The maximum absolute atomic E-state index is 6.01. The van der Waals surface area contributed by atoms with Crippen LogP contribution in [-0.2, 0) is 0 Å². The van der Waals surface area contributed by atoms with Crippen LogP contribution in [0.15, 0.2) is 24.4 Å². The molecule has 2 nitrogen and oxygen atoms in total. The molecule has 12 heavy (non-hydrogen) atoms. The average Bonchev–Trinajstić information content (AvgIpc) is 2.31. The van der Waals surface area contributed by atoms with E-state index in [0.717, 1.165) is 16.5 Å². The van der Waals surface area contributed by atoms with Gasteiger partial charge in [-0.05, 0) is 30.7 Å². The SMILES string of the molecule is Cc1cc(Cl)c2c(ccn2N)c1. The predicted molar refractivity (Wildman–Crippen MR) is 51.8 cm³/mol. The monoisotopic (exact) mass is 180 g/mol. The zero-order chi connectivity index (χ0) is 8.72. The molecule has 2 N–H and O–H groups in total. The molecule has 0 saturated heterocycles. The lowest BCUT2D eigenvalue weighted by molar-refractivity contribution is 1.07. The van der Waals surface area contributed by atoms with Crippen LogP contribution >= 0.6 is 11.6 Å². The first-order chi connectivity index (χ1) is 5.68. The molecule has 2 rings (SSSR count). The van der Waals surface area contributed by atoms with Gasteiger partial charge < -0.3 is 5.84 Å². The number of nitrogens with zero attached hydrogens (tertiary/aromatic N) is 1. The van der Waals surface area contributed by atoms with Gasteiger partial charge in [-0.1, -0.05) is 11.6 Å². The van der Waals surface area contributed by atoms with E-state index in [1.54, 1.807) is 6.20 Å². The number of hydrogen-bond acceptors (Lipinski definition) is 1. The second-order valence-corrected chi connectivity index (χ2v) is 3.31. The summed E-state index contributed by atoms with van der Waals surface area (Å²) < 4.78 is 1.54. The van der Waals surface area contributed by atoms with Gasteiger partial charge in [-0.15, -0.1) is 0 Å². The third-order valence-corrected chi connectivity index (χ3v) is 2.20. The van der Waals surface area contributed by atoms with Crippen molar-refractivity contribution >= 4 is 22.5 Å². The van der Waals surface area contributed by atoms with Crippen molar-refractivity contribution in [1.29, 1.82) is 0 Å². The molecule has 0 spiro atoms. The van der Waals surface area contributed by atoms with Crippen LogP contribution in [0.5, 0.6) is 0 Å². The fourth-order valence-electron chi connectivity index (χ4n) is 1.40. The standard InChI is InChI=1S/C9H9ClN2/c1-6-4-7-2-3-12(11)9(7)8(10)5-6/h2-5H,11H2,1H3. The summed E-state index contributed by atoms with van der Waals surface area (Å²) >= 11 is 6.01. The van der Waals surface area contributed by atoms with E-state index in [9.17, 15) is 0 Å². The quantitative estimate of drug-likeness (QED) is 0.620. The highest BCUT2D eigenvalue weighted by molar-refractivity contribution is 6.35. The minimum atomic E-state index is 0.706. The number of aromatic nitrogens is 1. The van der Waals surface area contributed by atoms with Gasteiger partial charge in [0.15, 0.2) is 0 Å². The Morgan fingerprint density at radius 1 is 1.42 bits per heavy atom. The number of rotatable bonds is 0. The van der Waals surface area contributed by atoms with Gasteiger partial charge in [-0.25, -0.2) is 0 Å². The minimum Gasteiger partial charge on any atom is -0.339 e. The molecule has 0 saturated carbocycles. The van der Waals surface area contributed by atoms with Gasteiger partial charge in [0, 0.05) is 11.6 Å². The molecule has 0 aliphatic rings. The summed E-state index contributed by atoms with van der Waals surface area (Å²) in [5.74, 6) is 5.66. The first kappa shape index (κ1) is 7.50.